The monoisotopic (exact) mass is 403 g/mol. The van der Waals surface area contributed by atoms with Gasteiger partial charge in [0, 0.05) is 0 Å². The van der Waals surface area contributed by atoms with Gasteiger partial charge in [-0.2, -0.15) is 0 Å². The Balaban J connectivity index is 1.94. The van der Waals surface area contributed by atoms with E-state index in [9.17, 15) is 14.9 Å². The van der Waals surface area contributed by atoms with E-state index in [1.54, 1.807) is 4.90 Å². The third kappa shape index (κ3) is 4.20. The van der Waals surface area contributed by atoms with Crippen LogP contribution in [0.5, 0.6) is 0 Å². The van der Waals surface area contributed by atoms with Gasteiger partial charge >= 0.3 is 5.88 Å². The highest BCUT2D eigenvalue weighted by atomic mass is 32.1. The number of furan rings is 1. The molecule has 0 radical (unpaired) electrons. The first-order valence-corrected chi connectivity index (χ1v) is 10.0. The summed E-state index contributed by atoms with van der Waals surface area (Å²) in [4.78, 5) is 30.8. The number of hydrogen-bond acceptors (Lipinski definition) is 6. The number of rotatable bonds is 8. The number of aryl methyl sites for hydroxylation is 1. The Morgan fingerprint density at radius 1 is 1.29 bits per heavy atom. The van der Waals surface area contributed by atoms with Crippen molar-refractivity contribution in [3.05, 3.63) is 51.8 Å². The molecule has 0 aliphatic rings. The highest BCUT2D eigenvalue weighted by Gasteiger charge is 2.27. The standard InChI is InChI=1S/C19H22N4O4S/c1-4-21(5-2)10-11-22(18(24)15-8-9-17(27-15)23(25)26)19-20-14-7-6-13(3)12-16(14)28-19/h6-9,12H,4-5,10-11H2,1-3H3/p+1. The number of anilines is 1. The predicted octanol–water partition coefficient (Wildman–Crippen LogP) is 2.68. The molecule has 0 spiro atoms. The van der Waals surface area contributed by atoms with Crippen LogP contribution in [0.15, 0.2) is 34.7 Å². The Kier molecular flexibility index (Phi) is 6.05. The van der Waals surface area contributed by atoms with Gasteiger partial charge in [0.15, 0.2) is 10.9 Å². The number of fused-ring (bicyclic) bond motifs is 1. The lowest BCUT2D eigenvalue weighted by Crippen LogP contribution is -3.12. The summed E-state index contributed by atoms with van der Waals surface area (Å²) in [5, 5.41) is 11.5. The van der Waals surface area contributed by atoms with Gasteiger partial charge in [-0.1, -0.05) is 17.4 Å². The molecule has 0 aliphatic carbocycles. The molecule has 9 heteroatoms. The number of nitrogens with one attached hydrogen (secondary N) is 1. The molecule has 148 valence electrons. The number of nitro groups is 1. The molecule has 0 unspecified atom stereocenters. The van der Waals surface area contributed by atoms with Crippen molar-refractivity contribution in [1.29, 1.82) is 0 Å². The Hall–Kier alpha value is -2.78. The second-order valence-corrected chi connectivity index (χ2v) is 7.54. The van der Waals surface area contributed by atoms with Crippen LogP contribution in [0, 0.1) is 17.0 Å². The summed E-state index contributed by atoms with van der Waals surface area (Å²) in [6, 6.07) is 8.49. The lowest BCUT2D eigenvalue weighted by Gasteiger charge is -2.22. The van der Waals surface area contributed by atoms with Gasteiger partial charge in [-0.25, -0.2) is 4.98 Å². The number of aromatic nitrogens is 1. The van der Waals surface area contributed by atoms with Crippen molar-refractivity contribution in [3.8, 4) is 0 Å². The van der Waals surface area contributed by atoms with E-state index in [-0.39, 0.29) is 5.76 Å². The maximum Gasteiger partial charge on any atom is 0.433 e. The van der Waals surface area contributed by atoms with Gasteiger partial charge < -0.3 is 9.32 Å². The fourth-order valence-electron chi connectivity index (χ4n) is 2.97. The number of carbonyl (C=O) groups is 1. The van der Waals surface area contributed by atoms with Crippen LogP contribution in [0.3, 0.4) is 0 Å². The second-order valence-electron chi connectivity index (χ2n) is 6.53. The molecular formula is C19H23N4O4S+. The van der Waals surface area contributed by atoms with Gasteiger partial charge in [0.25, 0.3) is 5.91 Å². The van der Waals surface area contributed by atoms with E-state index in [0.717, 1.165) is 35.4 Å². The molecule has 28 heavy (non-hydrogen) atoms. The molecule has 2 aromatic heterocycles. The first-order valence-electron chi connectivity index (χ1n) is 9.19. The number of quaternary nitrogens is 1. The molecule has 8 nitrogen and oxygen atoms in total. The van der Waals surface area contributed by atoms with Crippen molar-refractivity contribution >= 4 is 38.5 Å². The van der Waals surface area contributed by atoms with E-state index in [2.05, 4.69) is 18.8 Å². The summed E-state index contributed by atoms with van der Waals surface area (Å²) < 4.78 is 6.14. The molecular weight excluding hydrogens is 380 g/mol. The fraction of sp³-hybridized carbons (Fsp3) is 0.368. The van der Waals surface area contributed by atoms with E-state index in [1.807, 2.05) is 25.1 Å². The van der Waals surface area contributed by atoms with Crippen molar-refractivity contribution in [2.75, 3.05) is 31.1 Å². The van der Waals surface area contributed by atoms with Crippen LogP contribution in [0.25, 0.3) is 10.2 Å². The van der Waals surface area contributed by atoms with Gasteiger partial charge in [-0.3, -0.25) is 19.8 Å². The Bertz CT molecular complexity index is 993. The van der Waals surface area contributed by atoms with Gasteiger partial charge in [0.2, 0.25) is 0 Å². The maximum atomic E-state index is 13.1. The first kappa shape index (κ1) is 20.0. The summed E-state index contributed by atoms with van der Waals surface area (Å²) in [6.45, 7) is 9.30. The lowest BCUT2D eigenvalue weighted by molar-refractivity contribution is -0.894. The van der Waals surface area contributed by atoms with Gasteiger partial charge in [0.1, 0.15) is 4.92 Å². The van der Waals surface area contributed by atoms with Crippen LogP contribution in [-0.2, 0) is 0 Å². The van der Waals surface area contributed by atoms with E-state index in [4.69, 9.17) is 4.42 Å². The smallest absolute Gasteiger partial charge is 0.395 e. The summed E-state index contributed by atoms with van der Waals surface area (Å²) in [6.07, 6.45) is 0. The number of carbonyl (C=O) groups excluding carboxylic acids is 1. The maximum absolute atomic E-state index is 13.1. The van der Waals surface area contributed by atoms with Crippen LogP contribution >= 0.6 is 11.3 Å². The summed E-state index contributed by atoms with van der Waals surface area (Å²) >= 11 is 1.43. The van der Waals surface area contributed by atoms with Crippen molar-refractivity contribution in [3.63, 3.8) is 0 Å². The molecule has 1 amide bonds. The van der Waals surface area contributed by atoms with E-state index in [1.165, 1.54) is 28.4 Å². The molecule has 0 saturated carbocycles. The molecule has 0 saturated heterocycles. The number of benzene rings is 1. The van der Waals surface area contributed by atoms with Crippen molar-refractivity contribution in [1.82, 2.24) is 4.98 Å². The van der Waals surface area contributed by atoms with Crippen LogP contribution < -0.4 is 9.80 Å². The molecule has 0 atom stereocenters. The topological polar surface area (TPSA) is 93.9 Å². The molecule has 3 aromatic rings. The highest BCUT2D eigenvalue weighted by Crippen LogP contribution is 2.30. The van der Waals surface area contributed by atoms with Crippen LogP contribution in [0.4, 0.5) is 11.0 Å². The summed E-state index contributed by atoms with van der Waals surface area (Å²) in [5.74, 6) is -0.926. The normalized spacial score (nSPS) is 11.3. The van der Waals surface area contributed by atoms with E-state index < -0.39 is 16.7 Å². The SMILES string of the molecule is CC[NH+](CC)CCN(C(=O)c1ccc([N+](=O)[O-])o1)c1nc2ccc(C)cc2s1. The largest absolute Gasteiger partial charge is 0.433 e. The third-order valence-corrected chi connectivity index (χ3v) is 5.72. The molecule has 0 aliphatic heterocycles. The Morgan fingerprint density at radius 3 is 2.68 bits per heavy atom. The average molecular weight is 403 g/mol. The number of amides is 1. The zero-order valence-electron chi connectivity index (χ0n) is 16.1. The highest BCUT2D eigenvalue weighted by molar-refractivity contribution is 7.22. The average Bonchev–Trinajstić information content (AvgIpc) is 3.31. The van der Waals surface area contributed by atoms with E-state index in [0.29, 0.717) is 11.7 Å². The van der Waals surface area contributed by atoms with Gasteiger partial charge in [-0.15, -0.1) is 0 Å². The first-order chi connectivity index (χ1) is 13.4. The lowest BCUT2D eigenvalue weighted by atomic mass is 10.2. The number of nitrogens with zero attached hydrogens (tertiary/aromatic N) is 3. The second kappa shape index (κ2) is 8.49. The number of likely N-dealkylation sites (N-methyl/N-ethyl adjacent to an activating group) is 1. The Morgan fingerprint density at radius 2 is 2.04 bits per heavy atom. The van der Waals surface area contributed by atoms with Crippen molar-refractivity contribution < 1.29 is 19.0 Å². The number of hydrogen-bond donors (Lipinski definition) is 1. The minimum absolute atomic E-state index is 0.0586. The van der Waals surface area contributed by atoms with Crippen LogP contribution in [0.2, 0.25) is 0 Å². The minimum Gasteiger partial charge on any atom is -0.395 e. The van der Waals surface area contributed by atoms with Gasteiger partial charge in [0.05, 0.1) is 42.5 Å². The third-order valence-electron chi connectivity index (χ3n) is 4.68. The van der Waals surface area contributed by atoms with Crippen molar-refractivity contribution in [2.45, 2.75) is 20.8 Å². The predicted molar refractivity (Wildman–Crippen MR) is 108 cm³/mol. The molecule has 3 rings (SSSR count). The summed E-state index contributed by atoms with van der Waals surface area (Å²) in [7, 11) is 0. The molecule has 0 bridgehead atoms. The Labute approximate surface area is 166 Å². The minimum atomic E-state index is -0.651. The summed E-state index contributed by atoms with van der Waals surface area (Å²) in [5.41, 5.74) is 1.94. The molecule has 1 N–H and O–H groups in total. The zero-order valence-corrected chi connectivity index (χ0v) is 16.9. The van der Waals surface area contributed by atoms with Gasteiger partial charge in [-0.05, 0) is 44.5 Å². The van der Waals surface area contributed by atoms with Crippen LogP contribution in [0.1, 0.15) is 30.0 Å². The zero-order chi connectivity index (χ0) is 20.3. The fourth-order valence-corrected chi connectivity index (χ4v) is 4.05. The van der Waals surface area contributed by atoms with E-state index >= 15 is 0 Å². The quantitative estimate of drug-likeness (QED) is 0.461. The number of thiazole rings is 1. The van der Waals surface area contributed by atoms with Crippen LogP contribution in [-0.4, -0.2) is 42.0 Å². The molecule has 0 fully saturated rings. The van der Waals surface area contributed by atoms with Crippen molar-refractivity contribution in [2.24, 2.45) is 0 Å². The molecule has 1 aromatic carbocycles. The molecule has 2 heterocycles.